The number of nitrogens with zero attached hydrogens (tertiary/aromatic N) is 1. The molecule has 2 aliphatic heterocycles. The molecule has 3 amide bonds. The second kappa shape index (κ2) is 12.3. The van der Waals surface area contributed by atoms with Crippen LogP contribution in [0, 0.1) is 17.3 Å². The lowest BCUT2D eigenvalue weighted by Crippen LogP contribution is -2.60. The Kier molecular flexibility index (Phi) is 9.04. The summed E-state index contributed by atoms with van der Waals surface area (Å²) in [5.74, 6) is -1.85. The Balaban J connectivity index is 1.54. The van der Waals surface area contributed by atoms with Crippen LogP contribution in [-0.4, -0.2) is 78.2 Å². The first-order valence-electron chi connectivity index (χ1n) is 14.1. The topological polar surface area (TPSA) is 147 Å². The number of rotatable bonds is 9. The number of hydrogen-bond acceptors (Lipinski definition) is 7. The number of piperidine rings is 2. The second-order valence-electron chi connectivity index (χ2n) is 12.1. The van der Waals surface area contributed by atoms with E-state index in [0.29, 0.717) is 25.1 Å². The number of carbonyl (C=O) groups excluding carboxylic acids is 5. The van der Waals surface area contributed by atoms with Gasteiger partial charge in [0.05, 0.1) is 18.6 Å². The first-order chi connectivity index (χ1) is 19.4. The summed E-state index contributed by atoms with van der Waals surface area (Å²) in [6.45, 7) is 7.38. The van der Waals surface area contributed by atoms with Crippen LogP contribution in [0.1, 0.15) is 63.9 Å². The number of fused-ring (bicyclic) bond motifs is 1. The van der Waals surface area contributed by atoms with E-state index in [1.807, 2.05) is 19.1 Å². The van der Waals surface area contributed by atoms with Gasteiger partial charge in [-0.3, -0.25) is 24.0 Å². The minimum Gasteiger partial charge on any atom is -0.496 e. The number of Topliss-reactive ketones (excluding diaryl/α,β-unsaturated/α-hetero) is 1. The SMILES string of the molecule is COc1cccc2[nH]c(C(=O)N[C@H]3CC(C)CN([C@@H](C[C@@H]4CCCNC4=O)C(=O)COC(=O)C(C)(C)C)C3=O)cc12. The maximum atomic E-state index is 13.8. The predicted octanol–water partition coefficient (Wildman–Crippen LogP) is 2.59. The minimum absolute atomic E-state index is 0.0339. The Morgan fingerprint density at radius 3 is 2.63 bits per heavy atom. The van der Waals surface area contributed by atoms with E-state index in [2.05, 4.69) is 15.6 Å². The van der Waals surface area contributed by atoms with Crippen molar-refractivity contribution in [3.63, 3.8) is 0 Å². The van der Waals surface area contributed by atoms with E-state index < -0.39 is 53.6 Å². The van der Waals surface area contributed by atoms with E-state index in [9.17, 15) is 24.0 Å². The summed E-state index contributed by atoms with van der Waals surface area (Å²) >= 11 is 0. The van der Waals surface area contributed by atoms with Crippen LogP contribution in [-0.2, 0) is 23.9 Å². The molecule has 11 nitrogen and oxygen atoms in total. The van der Waals surface area contributed by atoms with Gasteiger partial charge in [0.25, 0.3) is 5.91 Å². The Bertz CT molecular complexity index is 1330. The Hall–Kier alpha value is -3.89. The van der Waals surface area contributed by atoms with Gasteiger partial charge in [-0.05, 0) is 70.6 Å². The number of carbonyl (C=O) groups is 5. The Labute approximate surface area is 239 Å². The lowest BCUT2D eigenvalue weighted by atomic mass is 9.86. The number of amides is 3. The molecular weight excluding hydrogens is 528 g/mol. The first-order valence-corrected chi connectivity index (χ1v) is 14.1. The highest BCUT2D eigenvalue weighted by atomic mass is 16.5. The average Bonchev–Trinajstić information content (AvgIpc) is 3.37. The molecule has 3 heterocycles. The fourth-order valence-corrected chi connectivity index (χ4v) is 5.48. The number of nitrogens with one attached hydrogen (secondary N) is 3. The van der Waals surface area contributed by atoms with E-state index in [1.165, 1.54) is 4.90 Å². The van der Waals surface area contributed by atoms with Gasteiger partial charge in [0, 0.05) is 29.9 Å². The number of aromatic amines is 1. The van der Waals surface area contributed by atoms with Crippen molar-refractivity contribution in [1.82, 2.24) is 20.5 Å². The number of likely N-dealkylation sites (tertiary alicyclic amines) is 1. The lowest BCUT2D eigenvalue weighted by Gasteiger charge is -2.41. The number of H-pyrrole nitrogens is 1. The molecule has 1 aromatic carbocycles. The summed E-state index contributed by atoms with van der Waals surface area (Å²) < 4.78 is 10.7. The first kappa shape index (κ1) is 30.1. The van der Waals surface area contributed by atoms with Crippen molar-refractivity contribution in [1.29, 1.82) is 0 Å². The van der Waals surface area contributed by atoms with Gasteiger partial charge in [-0.2, -0.15) is 0 Å². The van der Waals surface area contributed by atoms with Gasteiger partial charge in [-0.25, -0.2) is 0 Å². The molecule has 41 heavy (non-hydrogen) atoms. The molecule has 2 saturated heterocycles. The zero-order valence-electron chi connectivity index (χ0n) is 24.4. The van der Waals surface area contributed by atoms with Crippen LogP contribution in [0.3, 0.4) is 0 Å². The van der Waals surface area contributed by atoms with Crippen LogP contribution >= 0.6 is 0 Å². The van der Waals surface area contributed by atoms with Gasteiger partial charge in [-0.15, -0.1) is 0 Å². The van der Waals surface area contributed by atoms with E-state index in [-0.39, 0.29) is 30.5 Å². The summed E-state index contributed by atoms with van der Waals surface area (Å²) in [7, 11) is 1.55. The van der Waals surface area contributed by atoms with E-state index in [1.54, 1.807) is 40.0 Å². The molecule has 0 bridgehead atoms. The van der Waals surface area contributed by atoms with Crippen molar-refractivity contribution in [3.05, 3.63) is 30.0 Å². The molecule has 2 aliphatic rings. The van der Waals surface area contributed by atoms with E-state index in [0.717, 1.165) is 17.3 Å². The minimum atomic E-state index is -0.969. The molecule has 1 unspecified atom stereocenters. The van der Waals surface area contributed by atoms with Gasteiger partial charge in [0.2, 0.25) is 11.8 Å². The fourth-order valence-electron chi connectivity index (χ4n) is 5.48. The highest BCUT2D eigenvalue weighted by Crippen LogP contribution is 2.28. The highest BCUT2D eigenvalue weighted by molar-refractivity contribution is 6.02. The average molecular weight is 569 g/mol. The standard InChI is InChI=1S/C30H40N4O7/c1-17-12-22(33-27(37)21-14-19-20(32-21)9-6-10-25(19)40-5)28(38)34(15-17)23(13-18-8-7-11-31-26(18)36)24(35)16-41-29(39)30(2,3)4/h6,9-10,14,17-18,22-23,32H,7-8,11-13,15-16H2,1-5H3,(H,31,36)(H,33,37)/t17?,18-,22-,23-/m0/s1. The largest absolute Gasteiger partial charge is 0.496 e. The van der Waals surface area contributed by atoms with Crippen molar-refractivity contribution >= 4 is 40.4 Å². The van der Waals surface area contributed by atoms with Crippen molar-refractivity contribution in [2.75, 3.05) is 26.8 Å². The number of esters is 1. The number of ether oxygens (including phenoxy) is 2. The quantitative estimate of drug-likeness (QED) is 0.394. The molecular formula is C30H40N4O7. The maximum absolute atomic E-state index is 13.8. The number of hydrogen-bond donors (Lipinski definition) is 3. The fraction of sp³-hybridized carbons (Fsp3) is 0.567. The molecule has 0 saturated carbocycles. The highest BCUT2D eigenvalue weighted by Gasteiger charge is 2.42. The summed E-state index contributed by atoms with van der Waals surface area (Å²) in [5.41, 5.74) is 0.208. The predicted molar refractivity (Wildman–Crippen MR) is 151 cm³/mol. The van der Waals surface area contributed by atoms with Crippen molar-refractivity contribution in [3.8, 4) is 5.75 Å². The molecule has 4 rings (SSSR count). The van der Waals surface area contributed by atoms with E-state index in [4.69, 9.17) is 9.47 Å². The molecule has 0 spiro atoms. The molecule has 2 fully saturated rings. The van der Waals surface area contributed by atoms with Crippen LogP contribution < -0.4 is 15.4 Å². The van der Waals surface area contributed by atoms with Gasteiger partial charge in [0.15, 0.2) is 12.4 Å². The third-order valence-corrected chi connectivity index (χ3v) is 7.73. The smallest absolute Gasteiger partial charge is 0.311 e. The second-order valence-corrected chi connectivity index (χ2v) is 12.1. The van der Waals surface area contributed by atoms with Gasteiger partial charge in [-0.1, -0.05) is 13.0 Å². The molecule has 3 N–H and O–H groups in total. The maximum Gasteiger partial charge on any atom is 0.311 e. The zero-order valence-corrected chi connectivity index (χ0v) is 24.4. The molecule has 222 valence electrons. The summed E-state index contributed by atoms with van der Waals surface area (Å²) in [4.78, 5) is 70.0. The molecule has 4 atom stereocenters. The van der Waals surface area contributed by atoms with Crippen molar-refractivity contribution in [2.45, 2.75) is 65.5 Å². The zero-order chi connectivity index (χ0) is 29.9. The van der Waals surface area contributed by atoms with Gasteiger partial charge in [0.1, 0.15) is 17.5 Å². The molecule has 0 radical (unpaired) electrons. The van der Waals surface area contributed by atoms with Crippen LogP contribution in [0.2, 0.25) is 0 Å². The van der Waals surface area contributed by atoms with Crippen LogP contribution in [0.25, 0.3) is 10.9 Å². The van der Waals surface area contributed by atoms with Gasteiger partial charge < -0.3 is 30.0 Å². The Morgan fingerprint density at radius 2 is 1.95 bits per heavy atom. The molecule has 11 heteroatoms. The summed E-state index contributed by atoms with van der Waals surface area (Å²) in [5, 5.41) is 6.42. The number of methoxy groups -OCH3 is 1. The summed E-state index contributed by atoms with van der Waals surface area (Å²) in [6, 6.07) is 5.27. The van der Waals surface area contributed by atoms with Crippen molar-refractivity contribution < 1.29 is 33.4 Å². The molecule has 2 aromatic rings. The number of aromatic nitrogens is 1. The molecule has 1 aromatic heterocycles. The van der Waals surface area contributed by atoms with Crippen LogP contribution in [0.4, 0.5) is 0 Å². The summed E-state index contributed by atoms with van der Waals surface area (Å²) in [6.07, 6.45) is 1.89. The number of ketones is 1. The monoisotopic (exact) mass is 568 g/mol. The van der Waals surface area contributed by atoms with E-state index >= 15 is 0 Å². The van der Waals surface area contributed by atoms with Crippen LogP contribution in [0.15, 0.2) is 24.3 Å². The number of benzene rings is 1. The Morgan fingerprint density at radius 1 is 1.20 bits per heavy atom. The third-order valence-electron chi connectivity index (χ3n) is 7.73. The van der Waals surface area contributed by atoms with Crippen molar-refractivity contribution in [2.24, 2.45) is 17.3 Å². The van der Waals surface area contributed by atoms with Gasteiger partial charge >= 0.3 is 5.97 Å². The van der Waals surface area contributed by atoms with Crippen LogP contribution in [0.5, 0.6) is 5.75 Å². The molecule has 0 aliphatic carbocycles. The normalized spacial score (nSPS) is 22.2. The third kappa shape index (κ3) is 6.89. The lowest BCUT2D eigenvalue weighted by molar-refractivity contribution is -0.158.